The van der Waals surface area contributed by atoms with Crippen molar-refractivity contribution in [2.75, 3.05) is 19.0 Å². The molecule has 0 saturated heterocycles. The van der Waals surface area contributed by atoms with Crippen molar-refractivity contribution in [3.63, 3.8) is 0 Å². The first-order valence-electron chi connectivity index (χ1n) is 5.59. The Morgan fingerprint density at radius 3 is 2.65 bits per heavy atom. The number of carbonyl (C=O) groups is 1. The quantitative estimate of drug-likeness (QED) is 0.855. The first-order valence-corrected chi connectivity index (χ1v) is 5.59. The Labute approximate surface area is 102 Å². The number of rotatable bonds is 5. The summed E-state index contributed by atoms with van der Waals surface area (Å²) in [6.45, 7) is 5.79. The van der Waals surface area contributed by atoms with Crippen molar-refractivity contribution < 1.29 is 14.3 Å². The van der Waals surface area contributed by atoms with Gasteiger partial charge in [0.1, 0.15) is 12.4 Å². The number of nitrogens with one attached hydrogen (secondary N) is 1. The van der Waals surface area contributed by atoms with Gasteiger partial charge >= 0.3 is 0 Å². The molecule has 0 aliphatic rings. The van der Waals surface area contributed by atoms with Crippen LogP contribution in [0.4, 0.5) is 5.69 Å². The minimum Gasteiger partial charge on any atom is -0.496 e. The van der Waals surface area contributed by atoms with Crippen molar-refractivity contribution in [3.8, 4) is 5.75 Å². The first-order chi connectivity index (χ1) is 8.02. The molecule has 1 aromatic carbocycles. The maximum atomic E-state index is 11.5. The van der Waals surface area contributed by atoms with Crippen LogP contribution >= 0.6 is 0 Å². The summed E-state index contributed by atoms with van der Waals surface area (Å²) in [5, 5.41) is 2.77. The van der Waals surface area contributed by atoms with Gasteiger partial charge in [0.25, 0.3) is 0 Å². The summed E-state index contributed by atoms with van der Waals surface area (Å²) < 4.78 is 10.4. The fourth-order valence-electron chi connectivity index (χ4n) is 1.40. The van der Waals surface area contributed by atoms with Gasteiger partial charge in [-0.05, 0) is 44.5 Å². The van der Waals surface area contributed by atoms with Gasteiger partial charge in [-0.1, -0.05) is 0 Å². The molecule has 4 heteroatoms. The van der Waals surface area contributed by atoms with Crippen LogP contribution in [0.1, 0.15) is 19.4 Å². The molecule has 1 amide bonds. The molecule has 1 rings (SSSR count). The fourth-order valence-corrected chi connectivity index (χ4v) is 1.40. The maximum absolute atomic E-state index is 11.5. The van der Waals surface area contributed by atoms with Gasteiger partial charge in [0.05, 0.1) is 13.2 Å². The van der Waals surface area contributed by atoms with Crippen LogP contribution in [-0.4, -0.2) is 25.7 Å². The van der Waals surface area contributed by atoms with Crippen LogP contribution in [0.5, 0.6) is 5.75 Å². The van der Waals surface area contributed by atoms with Crippen LogP contribution in [0, 0.1) is 6.92 Å². The molecule has 0 bridgehead atoms. The second kappa shape index (κ2) is 6.25. The molecule has 4 nitrogen and oxygen atoms in total. The molecule has 0 radical (unpaired) electrons. The van der Waals surface area contributed by atoms with Crippen LogP contribution in [0.3, 0.4) is 0 Å². The van der Waals surface area contributed by atoms with E-state index in [1.54, 1.807) is 13.2 Å². The normalized spacial score (nSPS) is 10.4. The van der Waals surface area contributed by atoms with Gasteiger partial charge in [-0.15, -0.1) is 0 Å². The van der Waals surface area contributed by atoms with E-state index >= 15 is 0 Å². The Balaban J connectivity index is 2.57. The summed E-state index contributed by atoms with van der Waals surface area (Å²) >= 11 is 0. The van der Waals surface area contributed by atoms with Crippen LogP contribution in [-0.2, 0) is 9.53 Å². The minimum absolute atomic E-state index is 0.0540. The molecule has 0 aromatic heterocycles. The third-order valence-corrected chi connectivity index (χ3v) is 2.23. The van der Waals surface area contributed by atoms with Crippen molar-refractivity contribution in [1.82, 2.24) is 0 Å². The smallest absolute Gasteiger partial charge is 0.250 e. The topological polar surface area (TPSA) is 47.6 Å². The third kappa shape index (κ3) is 4.44. The number of ether oxygens (including phenoxy) is 2. The van der Waals surface area contributed by atoms with E-state index in [0.29, 0.717) is 0 Å². The van der Waals surface area contributed by atoms with Gasteiger partial charge in [-0.25, -0.2) is 0 Å². The Bertz CT molecular complexity index is 388. The lowest BCUT2D eigenvalue weighted by Crippen LogP contribution is -2.20. The van der Waals surface area contributed by atoms with Crippen LogP contribution in [0.15, 0.2) is 18.2 Å². The van der Waals surface area contributed by atoms with Gasteiger partial charge in [0.2, 0.25) is 5.91 Å². The van der Waals surface area contributed by atoms with Gasteiger partial charge in [0, 0.05) is 5.69 Å². The zero-order valence-electron chi connectivity index (χ0n) is 10.7. The third-order valence-electron chi connectivity index (χ3n) is 2.23. The average Bonchev–Trinajstić information content (AvgIpc) is 2.26. The van der Waals surface area contributed by atoms with Crippen molar-refractivity contribution in [3.05, 3.63) is 23.8 Å². The van der Waals surface area contributed by atoms with Crippen molar-refractivity contribution in [1.29, 1.82) is 0 Å². The highest BCUT2D eigenvalue weighted by Gasteiger charge is 2.05. The highest BCUT2D eigenvalue weighted by atomic mass is 16.5. The van der Waals surface area contributed by atoms with E-state index in [9.17, 15) is 4.79 Å². The zero-order valence-corrected chi connectivity index (χ0v) is 10.7. The zero-order chi connectivity index (χ0) is 12.8. The van der Waals surface area contributed by atoms with E-state index in [1.807, 2.05) is 32.9 Å². The molecule has 0 aliphatic heterocycles. The molecule has 0 aliphatic carbocycles. The van der Waals surface area contributed by atoms with E-state index in [-0.39, 0.29) is 18.6 Å². The largest absolute Gasteiger partial charge is 0.496 e. The summed E-state index contributed by atoms with van der Waals surface area (Å²) in [5.41, 5.74) is 1.73. The van der Waals surface area contributed by atoms with E-state index in [4.69, 9.17) is 9.47 Å². The van der Waals surface area contributed by atoms with Crippen molar-refractivity contribution in [2.45, 2.75) is 26.9 Å². The lowest BCUT2D eigenvalue weighted by atomic mass is 10.2. The van der Waals surface area contributed by atoms with E-state index < -0.39 is 0 Å². The lowest BCUT2D eigenvalue weighted by Gasteiger charge is -2.10. The predicted octanol–water partition coefficient (Wildman–Crippen LogP) is 2.37. The summed E-state index contributed by atoms with van der Waals surface area (Å²) in [5.74, 6) is 0.657. The molecule has 17 heavy (non-hydrogen) atoms. The minimum atomic E-state index is -0.150. The molecule has 1 N–H and O–H groups in total. The highest BCUT2D eigenvalue weighted by Crippen LogP contribution is 2.21. The summed E-state index contributed by atoms with van der Waals surface area (Å²) in [4.78, 5) is 11.5. The average molecular weight is 237 g/mol. The second-order valence-electron chi connectivity index (χ2n) is 4.09. The molecule has 1 aromatic rings. The summed E-state index contributed by atoms with van der Waals surface area (Å²) in [6, 6.07) is 5.50. The number of amides is 1. The summed E-state index contributed by atoms with van der Waals surface area (Å²) in [6.07, 6.45) is 0.0540. The number of anilines is 1. The Morgan fingerprint density at radius 1 is 1.41 bits per heavy atom. The van der Waals surface area contributed by atoms with Crippen molar-refractivity contribution >= 4 is 11.6 Å². The van der Waals surface area contributed by atoms with Gasteiger partial charge in [0.15, 0.2) is 0 Å². The number of benzene rings is 1. The Morgan fingerprint density at radius 2 is 2.12 bits per heavy atom. The molecular formula is C13H19NO3. The molecular weight excluding hydrogens is 218 g/mol. The maximum Gasteiger partial charge on any atom is 0.250 e. The Kier molecular flexibility index (Phi) is 4.97. The number of aryl methyl sites for hydroxylation is 1. The van der Waals surface area contributed by atoms with Crippen LogP contribution in [0.25, 0.3) is 0 Å². The number of hydrogen-bond acceptors (Lipinski definition) is 3. The van der Waals surface area contributed by atoms with Crippen molar-refractivity contribution in [2.24, 2.45) is 0 Å². The molecule has 0 unspecified atom stereocenters. The molecule has 0 heterocycles. The first kappa shape index (κ1) is 13.5. The van der Waals surface area contributed by atoms with E-state index in [0.717, 1.165) is 17.0 Å². The summed E-state index contributed by atoms with van der Waals surface area (Å²) in [7, 11) is 1.62. The van der Waals surface area contributed by atoms with E-state index in [1.165, 1.54) is 0 Å². The van der Waals surface area contributed by atoms with Gasteiger partial charge in [-0.2, -0.15) is 0 Å². The standard InChI is InChI=1S/C13H19NO3/c1-9(2)17-8-13(15)14-11-5-6-12(16-4)10(3)7-11/h5-7,9H,8H2,1-4H3,(H,14,15). The van der Waals surface area contributed by atoms with Crippen LogP contribution < -0.4 is 10.1 Å². The second-order valence-corrected chi connectivity index (χ2v) is 4.09. The number of hydrogen-bond donors (Lipinski definition) is 1. The molecule has 0 atom stereocenters. The molecule has 0 fully saturated rings. The highest BCUT2D eigenvalue weighted by molar-refractivity contribution is 5.91. The SMILES string of the molecule is COc1ccc(NC(=O)COC(C)C)cc1C. The molecule has 0 saturated carbocycles. The van der Waals surface area contributed by atoms with Gasteiger partial charge < -0.3 is 14.8 Å². The van der Waals surface area contributed by atoms with E-state index in [2.05, 4.69) is 5.32 Å². The Hall–Kier alpha value is -1.55. The monoisotopic (exact) mass is 237 g/mol. The molecule has 0 spiro atoms. The lowest BCUT2D eigenvalue weighted by molar-refractivity contribution is -0.121. The fraction of sp³-hybridized carbons (Fsp3) is 0.462. The van der Waals surface area contributed by atoms with Gasteiger partial charge in [-0.3, -0.25) is 4.79 Å². The van der Waals surface area contributed by atoms with Crippen LogP contribution in [0.2, 0.25) is 0 Å². The molecule has 94 valence electrons. The predicted molar refractivity (Wildman–Crippen MR) is 67.4 cm³/mol. The number of methoxy groups -OCH3 is 1. The number of carbonyl (C=O) groups excluding carboxylic acids is 1.